The van der Waals surface area contributed by atoms with E-state index < -0.39 is 0 Å². The highest BCUT2D eigenvalue weighted by Gasteiger charge is 2.00. The van der Waals surface area contributed by atoms with Crippen LogP contribution in [0.3, 0.4) is 0 Å². The number of hydrogen-bond donors (Lipinski definition) is 2. The second kappa shape index (κ2) is 11.4. The normalized spacial score (nSPS) is 12.0. The van der Waals surface area contributed by atoms with Crippen molar-refractivity contribution >= 4 is 17.3 Å². The lowest BCUT2D eigenvalue weighted by Gasteiger charge is -2.12. The van der Waals surface area contributed by atoms with Crippen molar-refractivity contribution in [2.45, 2.75) is 40.0 Å². The van der Waals surface area contributed by atoms with Crippen LogP contribution in [0, 0.1) is 12.8 Å². The largest absolute Gasteiger partial charge is 0.380 e. The Morgan fingerprint density at radius 3 is 2.73 bits per heavy atom. The third kappa shape index (κ3) is 9.00. The second-order valence-corrected chi connectivity index (χ2v) is 6.65. The Balaban J connectivity index is 2.02. The smallest absolute Gasteiger partial charge is 0.191 e. The Kier molecular flexibility index (Phi) is 9.82. The minimum Gasteiger partial charge on any atom is -0.380 e. The number of rotatable bonds is 10. The molecule has 0 saturated heterocycles. The standard InChI is InChI=1S/C16H30N4OS/c1-13(2)7-10-21-11-9-19-16(17-4)18-8-5-6-15-20-14(3)12-22-15/h12-13H,5-11H2,1-4H3,(H2,17,18,19). The van der Waals surface area contributed by atoms with Crippen molar-refractivity contribution in [2.75, 3.05) is 33.4 Å². The molecule has 6 heteroatoms. The fraction of sp³-hybridized carbons (Fsp3) is 0.750. The molecule has 0 amide bonds. The van der Waals surface area contributed by atoms with E-state index in [0.717, 1.165) is 50.6 Å². The molecule has 0 unspecified atom stereocenters. The molecule has 0 spiro atoms. The van der Waals surface area contributed by atoms with Crippen molar-refractivity contribution in [1.82, 2.24) is 15.6 Å². The third-order valence-electron chi connectivity index (χ3n) is 3.13. The molecular formula is C16H30N4OS. The molecule has 0 radical (unpaired) electrons. The van der Waals surface area contributed by atoms with E-state index in [0.29, 0.717) is 12.5 Å². The van der Waals surface area contributed by atoms with Gasteiger partial charge >= 0.3 is 0 Å². The highest BCUT2D eigenvalue weighted by molar-refractivity contribution is 7.09. The maximum atomic E-state index is 5.57. The van der Waals surface area contributed by atoms with E-state index in [2.05, 4.69) is 39.8 Å². The molecule has 0 aliphatic rings. The van der Waals surface area contributed by atoms with Crippen LogP contribution in [0.4, 0.5) is 0 Å². The lowest BCUT2D eigenvalue weighted by Crippen LogP contribution is -2.39. The molecule has 1 rings (SSSR count). The molecule has 0 saturated carbocycles. The van der Waals surface area contributed by atoms with Gasteiger partial charge in [0.05, 0.1) is 11.6 Å². The molecule has 0 aromatic carbocycles. The number of aliphatic imine (C=N–C) groups is 1. The zero-order valence-electron chi connectivity index (χ0n) is 14.3. The molecule has 2 N–H and O–H groups in total. The van der Waals surface area contributed by atoms with E-state index in [1.165, 1.54) is 5.01 Å². The van der Waals surface area contributed by atoms with Crippen molar-refractivity contribution in [1.29, 1.82) is 0 Å². The summed E-state index contributed by atoms with van der Waals surface area (Å²) in [6.45, 7) is 9.68. The molecule has 1 heterocycles. The van der Waals surface area contributed by atoms with E-state index in [-0.39, 0.29) is 0 Å². The van der Waals surface area contributed by atoms with Crippen LogP contribution < -0.4 is 10.6 Å². The Morgan fingerprint density at radius 1 is 1.32 bits per heavy atom. The molecule has 0 fully saturated rings. The summed E-state index contributed by atoms with van der Waals surface area (Å²) < 4.78 is 5.57. The summed E-state index contributed by atoms with van der Waals surface area (Å²) >= 11 is 1.74. The summed E-state index contributed by atoms with van der Waals surface area (Å²) in [6, 6.07) is 0. The average molecular weight is 327 g/mol. The highest BCUT2D eigenvalue weighted by Crippen LogP contribution is 2.10. The highest BCUT2D eigenvalue weighted by atomic mass is 32.1. The number of aryl methyl sites for hydroxylation is 2. The van der Waals surface area contributed by atoms with Crippen LogP contribution in [-0.4, -0.2) is 44.3 Å². The summed E-state index contributed by atoms with van der Waals surface area (Å²) in [5, 5.41) is 9.89. The van der Waals surface area contributed by atoms with Gasteiger partial charge in [-0.05, 0) is 25.7 Å². The first-order valence-corrected chi connectivity index (χ1v) is 8.93. The van der Waals surface area contributed by atoms with Gasteiger partial charge < -0.3 is 15.4 Å². The first-order chi connectivity index (χ1) is 10.6. The van der Waals surface area contributed by atoms with Gasteiger partial charge in [0.2, 0.25) is 0 Å². The molecule has 1 aromatic heterocycles. The van der Waals surface area contributed by atoms with Crippen molar-refractivity contribution in [2.24, 2.45) is 10.9 Å². The number of hydrogen-bond acceptors (Lipinski definition) is 4. The Morgan fingerprint density at radius 2 is 2.09 bits per heavy atom. The van der Waals surface area contributed by atoms with Gasteiger partial charge in [0.25, 0.3) is 0 Å². The van der Waals surface area contributed by atoms with Gasteiger partial charge in [0.1, 0.15) is 0 Å². The molecule has 126 valence electrons. The predicted molar refractivity (Wildman–Crippen MR) is 94.8 cm³/mol. The van der Waals surface area contributed by atoms with Crippen molar-refractivity contribution in [3.63, 3.8) is 0 Å². The van der Waals surface area contributed by atoms with E-state index in [1.807, 2.05) is 6.92 Å². The Labute approximate surface area is 138 Å². The molecule has 0 aliphatic heterocycles. The van der Waals surface area contributed by atoms with E-state index in [1.54, 1.807) is 18.4 Å². The molecule has 0 aliphatic carbocycles. The third-order valence-corrected chi connectivity index (χ3v) is 4.15. The van der Waals surface area contributed by atoms with Gasteiger partial charge in [-0.1, -0.05) is 13.8 Å². The van der Waals surface area contributed by atoms with Crippen LogP contribution in [0.2, 0.25) is 0 Å². The Bertz CT molecular complexity index is 432. The summed E-state index contributed by atoms with van der Waals surface area (Å²) in [5.74, 6) is 1.53. The Hall–Kier alpha value is -1.14. The molecule has 0 atom stereocenters. The zero-order chi connectivity index (χ0) is 16.2. The second-order valence-electron chi connectivity index (χ2n) is 5.71. The number of ether oxygens (including phenoxy) is 1. The quantitative estimate of drug-likeness (QED) is 0.394. The number of nitrogens with one attached hydrogen (secondary N) is 2. The van der Waals surface area contributed by atoms with Gasteiger partial charge in [0.15, 0.2) is 5.96 Å². The maximum absolute atomic E-state index is 5.57. The van der Waals surface area contributed by atoms with Gasteiger partial charge in [-0.15, -0.1) is 11.3 Å². The maximum Gasteiger partial charge on any atom is 0.191 e. The number of guanidine groups is 1. The van der Waals surface area contributed by atoms with Gasteiger partial charge in [-0.25, -0.2) is 4.98 Å². The van der Waals surface area contributed by atoms with Crippen molar-refractivity contribution in [3.8, 4) is 0 Å². The number of nitrogens with zero attached hydrogens (tertiary/aromatic N) is 2. The first-order valence-electron chi connectivity index (χ1n) is 8.05. The van der Waals surface area contributed by atoms with Crippen LogP contribution in [0.15, 0.2) is 10.4 Å². The lowest BCUT2D eigenvalue weighted by molar-refractivity contribution is 0.128. The van der Waals surface area contributed by atoms with Crippen LogP contribution >= 0.6 is 11.3 Å². The van der Waals surface area contributed by atoms with Gasteiger partial charge in [0, 0.05) is 44.2 Å². The van der Waals surface area contributed by atoms with E-state index in [4.69, 9.17) is 4.74 Å². The van der Waals surface area contributed by atoms with Crippen molar-refractivity contribution in [3.05, 3.63) is 16.1 Å². The average Bonchev–Trinajstić information content (AvgIpc) is 2.90. The zero-order valence-corrected chi connectivity index (χ0v) is 15.1. The first kappa shape index (κ1) is 18.9. The van der Waals surface area contributed by atoms with Crippen LogP contribution in [0.5, 0.6) is 0 Å². The minimum absolute atomic E-state index is 0.698. The summed E-state index contributed by atoms with van der Waals surface area (Å²) in [6.07, 6.45) is 3.18. The summed E-state index contributed by atoms with van der Waals surface area (Å²) in [7, 11) is 1.79. The predicted octanol–water partition coefficient (Wildman–Crippen LogP) is 2.61. The van der Waals surface area contributed by atoms with Crippen molar-refractivity contribution < 1.29 is 4.74 Å². The molecular weight excluding hydrogens is 296 g/mol. The fourth-order valence-corrected chi connectivity index (χ4v) is 2.67. The number of aromatic nitrogens is 1. The molecule has 5 nitrogen and oxygen atoms in total. The fourth-order valence-electron chi connectivity index (χ4n) is 1.85. The van der Waals surface area contributed by atoms with Gasteiger partial charge in [-0.3, -0.25) is 4.99 Å². The lowest BCUT2D eigenvalue weighted by atomic mass is 10.1. The molecule has 1 aromatic rings. The van der Waals surface area contributed by atoms with E-state index >= 15 is 0 Å². The monoisotopic (exact) mass is 326 g/mol. The van der Waals surface area contributed by atoms with E-state index in [9.17, 15) is 0 Å². The topological polar surface area (TPSA) is 58.5 Å². The van der Waals surface area contributed by atoms with Crippen LogP contribution in [-0.2, 0) is 11.2 Å². The SMILES string of the molecule is CN=C(NCCCc1nc(C)cs1)NCCOCCC(C)C. The van der Waals surface area contributed by atoms with Gasteiger partial charge in [-0.2, -0.15) is 0 Å². The molecule has 22 heavy (non-hydrogen) atoms. The minimum atomic E-state index is 0.698. The summed E-state index contributed by atoms with van der Waals surface area (Å²) in [4.78, 5) is 8.67. The van der Waals surface area contributed by atoms with Crippen LogP contribution in [0.1, 0.15) is 37.4 Å². The molecule has 0 bridgehead atoms. The van der Waals surface area contributed by atoms with Crippen LogP contribution in [0.25, 0.3) is 0 Å². The number of thiazole rings is 1. The summed E-state index contributed by atoms with van der Waals surface area (Å²) in [5.41, 5.74) is 1.11.